The van der Waals surface area contributed by atoms with E-state index in [2.05, 4.69) is 4.98 Å². The SMILES string of the molecule is CCOC(=O)c1cc(OS(=O)(=O)c2ccc(C)cc2)cc(C(=O)OCC)n1. The fraction of sp³-hybridized carbons (Fsp3) is 0.278. The van der Waals surface area contributed by atoms with Gasteiger partial charge in [0.2, 0.25) is 0 Å². The molecule has 2 aromatic rings. The van der Waals surface area contributed by atoms with Gasteiger partial charge >= 0.3 is 22.1 Å². The molecule has 0 unspecified atom stereocenters. The highest BCUT2D eigenvalue weighted by Crippen LogP contribution is 2.22. The van der Waals surface area contributed by atoms with Crippen molar-refractivity contribution >= 4 is 22.1 Å². The first-order valence-corrected chi connectivity index (χ1v) is 9.55. The zero-order valence-corrected chi connectivity index (χ0v) is 15.9. The van der Waals surface area contributed by atoms with E-state index in [1.165, 1.54) is 12.1 Å². The molecule has 0 amide bonds. The normalized spacial score (nSPS) is 10.9. The molecule has 0 atom stereocenters. The standard InChI is InChI=1S/C18H19NO7S/c1-4-24-17(20)15-10-13(11-16(19-15)18(21)25-5-2)26-27(22,23)14-8-6-12(3)7-9-14/h6-11H,4-5H2,1-3H3. The number of aryl methyl sites for hydroxylation is 1. The van der Waals surface area contributed by atoms with Crippen molar-refractivity contribution in [2.45, 2.75) is 25.7 Å². The van der Waals surface area contributed by atoms with Crippen molar-refractivity contribution in [2.24, 2.45) is 0 Å². The van der Waals surface area contributed by atoms with Crippen molar-refractivity contribution in [3.63, 3.8) is 0 Å². The number of benzene rings is 1. The summed E-state index contributed by atoms with van der Waals surface area (Å²) in [6, 6.07) is 8.21. The van der Waals surface area contributed by atoms with Crippen LogP contribution in [0.5, 0.6) is 5.75 Å². The number of hydrogen-bond donors (Lipinski definition) is 0. The summed E-state index contributed by atoms with van der Waals surface area (Å²) in [5, 5.41) is 0. The number of pyridine rings is 1. The number of nitrogens with zero attached hydrogens (tertiary/aromatic N) is 1. The summed E-state index contributed by atoms with van der Waals surface area (Å²) in [5.74, 6) is -1.89. The summed E-state index contributed by atoms with van der Waals surface area (Å²) >= 11 is 0. The van der Waals surface area contributed by atoms with Gasteiger partial charge < -0.3 is 13.7 Å². The van der Waals surface area contributed by atoms with Gasteiger partial charge in [0.25, 0.3) is 0 Å². The molecule has 0 fully saturated rings. The maximum atomic E-state index is 12.5. The van der Waals surface area contributed by atoms with Gasteiger partial charge in [0.1, 0.15) is 10.6 Å². The third-order valence-corrected chi connectivity index (χ3v) is 4.54. The van der Waals surface area contributed by atoms with Crippen molar-refractivity contribution in [3.8, 4) is 5.75 Å². The predicted molar refractivity (Wildman–Crippen MR) is 95.1 cm³/mol. The molecule has 144 valence electrons. The second-order valence-electron chi connectivity index (χ2n) is 5.36. The Labute approximate surface area is 157 Å². The fourth-order valence-electron chi connectivity index (χ4n) is 2.05. The van der Waals surface area contributed by atoms with Gasteiger partial charge in [0.15, 0.2) is 11.4 Å². The van der Waals surface area contributed by atoms with Gasteiger partial charge in [-0.25, -0.2) is 14.6 Å². The van der Waals surface area contributed by atoms with E-state index in [0.29, 0.717) is 0 Å². The first kappa shape index (κ1) is 20.4. The third kappa shape index (κ3) is 5.27. The molecule has 0 aliphatic carbocycles. The van der Waals surface area contributed by atoms with E-state index < -0.39 is 22.1 Å². The number of ether oxygens (including phenoxy) is 2. The molecular weight excluding hydrogens is 374 g/mol. The Morgan fingerprint density at radius 3 is 1.85 bits per heavy atom. The largest absolute Gasteiger partial charge is 0.461 e. The van der Waals surface area contributed by atoms with Crippen LogP contribution in [0.4, 0.5) is 0 Å². The summed E-state index contributed by atoms with van der Waals surface area (Å²) in [5.41, 5.74) is 0.347. The molecule has 0 saturated heterocycles. The van der Waals surface area contributed by atoms with Gasteiger partial charge in [-0.15, -0.1) is 0 Å². The lowest BCUT2D eigenvalue weighted by Crippen LogP contribution is -2.15. The molecule has 0 aliphatic rings. The van der Waals surface area contributed by atoms with Crippen LogP contribution in [0.25, 0.3) is 0 Å². The first-order valence-electron chi connectivity index (χ1n) is 8.14. The van der Waals surface area contributed by atoms with E-state index in [1.54, 1.807) is 26.0 Å². The minimum absolute atomic E-state index is 0.0692. The maximum Gasteiger partial charge on any atom is 0.357 e. The second-order valence-corrected chi connectivity index (χ2v) is 6.91. The molecule has 0 saturated carbocycles. The van der Waals surface area contributed by atoms with Crippen molar-refractivity contribution in [3.05, 3.63) is 53.3 Å². The average Bonchev–Trinajstić information content (AvgIpc) is 2.62. The summed E-state index contributed by atoms with van der Waals surface area (Å²) in [7, 11) is -4.17. The highest BCUT2D eigenvalue weighted by molar-refractivity contribution is 7.87. The van der Waals surface area contributed by atoms with E-state index in [-0.39, 0.29) is 35.2 Å². The molecule has 0 radical (unpaired) electrons. The Morgan fingerprint density at radius 1 is 0.926 bits per heavy atom. The molecule has 0 N–H and O–H groups in total. The van der Waals surface area contributed by atoms with Crippen molar-refractivity contribution in [1.82, 2.24) is 4.98 Å². The molecule has 8 nitrogen and oxygen atoms in total. The summed E-state index contributed by atoms with van der Waals surface area (Å²) in [4.78, 5) is 27.7. The van der Waals surface area contributed by atoms with Gasteiger partial charge in [-0.1, -0.05) is 17.7 Å². The molecule has 1 aromatic carbocycles. The van der Waals surface area contributed by atoms with Gasteiger partial charge in [0, 0.05) is 12.1 Å². The van der Waals surface area contributed by atoms with E-state index in [9.17, 15) is 18.0 Å². The van der Waals surface area contributed by atoms with E-state index in [1.807, 2.05) is 6.92 Å². The van der Waals surface area contributed by atoms with Crippen LogP contribution < -0.4 is 4.18 Å². The lowest BCUT2D eigenvalue weighted by molar-refractivity contribution is 0.0510. The number of rotatable bonds is 7. The van der Waals surface area contributed by atoms with Crippen LogP contribution in [-0.4, -0.2) is 38.6 Å². The van der Waals surface area contributed by atoms with Crippen LogP contribution in [0.3, 0.4) is 0 Å². The Balaban J connectivity index is 2.43. The Bertz CT molecular complexity index is 900. The molecule has 0 spiro atoms. The summed E-state index contributed by atoms with van der Waals surface area (Å²) in [6.07, 6.45) is 0. The summed E-state index contributed by atoms with van der Waals surface area (Å²) in [6.45, 7) is 5.19. The number of carbonyl (C=O) groups is 2. The molecule has 1 aromatic heterocycles. The molecule has 0 bridgehead atoms. The monoisotopic (exact) mass is 393 g/mol. The zero-order valence-electron chi connectivity index (χ0n) is 15.1. The van der Waals surface area contributed by atoms with Crippen LogP contribution in [0, 0.1) is 6.92 Å². The molecule has 2 rings (SSSR count). The molecule has 1 heterocycles. The third-order valence-electron chi connectivity index (χ3n) is 3.28. The van der Waals surface area contributed by atoms with Crippen LogP contribution in [0.15, 0.2) is 41.3 Å². The minimum Gasteiger partial charge on any atom is -0.461 e. The van der Waals surface area contributed by atoms with Crippen LogP contribution in [0.1, 0.15) is 40.4 Å². The van der Waals surface area contributed by atoms with E-state index in [0.717, 1.165) is 17.7 Å². The lowest BCUT2D eigenvalue weighted by atomic mass is 10.2. The van der Waals surface area contributed by atoms with Crippen molar-refractivity contribution < 1.29 is 31.7 Å². The Hall–Kier alpha value is -2.94. The predicted octanol–water partition coefficient (Wildman–Crippen LogP) is 2.51. The molecule has 0 aliphatic heterocycles. The zero-order chi connectivity index (χ0) is 20.0. The summed E-state index contributed by atoms with van der Waals surface area (Å²) < 4.78 is 39.7. The van der Waals surface area contributed by atoms with E-state index >= 15 is 0 Å². The number of esters is 2. The van der Waals surface area contributed by atoms with Gasteiger partial charge in [-0.2, -0.15) is 8.42 Å². The van der Waals surface area contributed by atoms with Crippen LogP contribution in [-0.2, 0) is 19.6 Å². The number of hydrogen-bond acceptors (Lipinski definition) is 8. The number of aromatic nitrogens is 1. The Morgan fingerprint density at radius 2 is 1.41 bits per heavy atom. The van der Waals surface area contributed by atoms with Gasteiger partial charge in [-0.05, 0) is 32.9 Å². The van der Waals surface area contributed by atoms with Crippen molar-refractivity contribution in [2.75, 3.05) is 13.2 Å². The molecule has 9 heteroatoms. The van der Waals surface area contributed by atoms with Crippen LogP contribution in [0.2, 0.25) is 0 Å². The lowest BCUT2D eigenvalue weighted by Gasteiger charge is -2.10. The average molecular weight is 393 g/mol. The topological polar surface area (TPSA) is 109 Å². The quantitative estimate of drug-likeness (QED) is 0.521. The van der Waals surface area contributed by atoms with E-state index in [4.69, 9.17) is 13.7 Å². The maximum absolute atomic E-state index is 12.5. The Kier molecular flexibility index (Phi) is 6.51. The first-order chi connectivity index (χ1) is 12.8. The smallest absolute Gasteiger partial charge is 0.357 e. The number of carbonyl (C=O) groups excluding carboxylic acids is 2. The van der Waals surface area contributed by atoms with Gasteiger partial charge in [0.05, 0.1) is 13.2 Å². The minimum atomic E-state index is -4.17. The second kappa shape index (κ2) is 8.63. The van der Waals surface area contributed by atoms with Gasteiger partial charge in [-0.3, -0.25) is 0 Å². The molecular formula is C18H19NO7S. The molecule has 27 heavy (non-hydrogen) atoms. The highest BCUT2D eigenvalue weighted by Gasteiger charge is 2.22. The van der Waals surface area contributed by atoms with Crippen molar-refractivity contribution in [1.29, 1.82) is 0 Å². The fourth-order valence-corrected chi connectivity index (χ4v) is 2.97. The van der Waals surface area contributed by atoms with Crippen LogP contribution >= 0.6 is 0 Å². The highest BCUT2D eigenvalue weighted by atomic mass is 32.2.